The van der Waals surface area contributed by atoms with Crippen LogP contribution < -0.4 is 11.2 Å². The predicted molar refractivity (Wildman–Crippen MR) is 139 cm³/mol. The topological polar surface area (TPSA) is 73.3 Å². The van der Waals surface area contributed by atoms with E-state index in [4.69, 9.17) is 8.85 Å². The molecule has 6 nitrogen and oxygen atoms in total. The molecular formula is C21H40N2O4S2Si2. The quantitative estimate of drug-likeness (QED) is 0.511. The summed E-state index contributed by atoms with van der Waals surface area (Å²) in [5.74, 6) is 0. The van der Waals surface area contributed by atoms with Gasteiger partial charge in [0.15, 0.2) is 16.6 Å². The van der Waals surface area contributed by atoms with Gasteiger partial charge in [0, 0.05) is 36.0 Å². The van der Waals surface area contributed by atoms with Gasteiger partial charge >= 0.3 is 5.69 Å². The molecule has 0 amide bonds. The highest BCUT2D eigenvalue weighted by molar-refractivity contribution is 8.19. The molecule has 0 spiro atoms. The van der Waals surface area contributed by atoms with Crippen LogP contribution in [0.3, 0.4) is 0 Å². The molecule has 1 aliphatic heterocycles. The first-order valence-corrected chi connectivity index (χ1v) is 18.6. The zero-order chi connectivity index (χ0) is 23.8. The molecule has 0 bridgehead atoms. The molecule has 2 atom stereocenters. The lowest BCUT2D eigenvalue weighted by atomic mass is 10.2. The molecule has 2 heterocycles. The molecule has 1 aliphatic rings. The second-order valence-electron chi connectivity index (χ2n) is 11.3. The van der Waals surface area contributed by atoms with E-state index < -0.39 is 16.6 Å². The second kappa shape index (κ2) is 9.54. The Bertz CT molecular complexity index is 834. The molecular weight excluding hydrogens is 465 g/mol. The molecule has 1 saturated heterocycles. The molecule has 0 radical (unpaired) electrons. The van der Waals surface area contributed by atoms with E-state index in [-0.39, 0.29) is 36.5 Å². The van der Waals surface area contributed by atoms with Crippen molar-refractivity contribution in [3.05, 3.63) is 33.1 Å². The van der Waals surface area contributed by atoms with Crippen LogP contribution in [0.2, 0.25) is 36.3 Å². The third-order valence-corrected chi connectivity index (χ3v) is 19.3. The first-order chi connectivity index (χ1) is 13.9. The Balaban J connectivity index is 2.21. The highest BCUT2D eigenvalue weighted by Crippen LogP contribution is 2.51. The number of rotatable bonds is 7. The maximum atomic E-state index is 12.4. The van der Waals surface area contributed by atoms with Crippen LogP contribution in [0.4, 0.5) is 0 Å². The molecule has 0 saturated carbocycles. The fourth-order valence-corrected chi connectivity index (χ4v) is 8.33. The average molecular weight is 505 g/mol. The fourth-order valence-electron chi connectivity index (χ4n) is 2.54. The van der Waals surface area contributed by atoms with Gasteiger partial charge in [0.25, 0.3) is 5.56 Å². The van der Waals surface area contributed by atoms with Crippen molar-refractivity contribution in [1.82, 2.24) is 9.55 Å². The van der Waals surface area contributed by atoms with Crippen LogP contribution in [0, 0.1) is 0 Å². The smallest absolute Gasteiger partial charge is 0.329 e. The number of nitrogens with one attached hydrogen (secondary N) is 1. The Morgan fingerprint density at radius 3 is 1.68 bits per heavy atom. The third kappa shape index (κ3) is 6.63. The van der Waals surface area contributed by atoms with Gasteiger partial charge in [-0.15, -0.1) is 23.5 Å². The van der Waals surface area contributed by atoms with E-state index in [1.807, 2.05) is 0 Å². The minimum Gasteiger partial charge on any atom is -0.416 e. The van der Waals surface area contributed by atoms with Crippen LogP contribution in [0.15, 0.2) is 21.9 Å². The summed E-state index contributed by atoms with van der Waals surface area (Å²) in [6.07, 6.45) is 1.59. The summed E-state index contributed by atoms with van der Waals surface area (Å²) in [5, 5.41) is 0.720. The van der Waals surface area contributed by atoms with Crippen molar-refractivity contribution in [3.63, 3.8) is 0 Å². The van der Waals surface area contributed by atoms with E-state index in [2.05, 4.69) is 72.7 Å². The number of aromatic nitrogens is 2. The van der Waals surface area contributed by atoms with Gasteiger partial charge in [-0.05, 0) is 36.3 Å². The standard InChI is InChI=1S/C21H40N2O4S2Si2/c1-20(2,3)30(7,8)26-13-15-16(14-27-31(9,10)21(4,5)6)29-19(28-15)23-12-11-17(24)22-18(23)25/h11-12,15-16,19H,13-14H2,1-10H3,(H,22,24,25)/t15-,16-/m1/s1. The lowest BCUT2D eigenvalue weighted by Crippen LogP contribution is -2.45. The van der Waals surface area contributed by atoms with Crippen LogP contribution in [-0.2, 0) is 8.85 Å². The molecule has 1 N–H and O–H groups in total. The molecule has 0 aliphatic carbocycles. The summed E-state index contributed by atoms with van der Waals surface area (Å²) < 4.78 is 14.6. The van der Waals surface area contributed by atoms with Gasteiger partial charge in [-0.3, -0.25) is 14.3 Å². The van der Waals surface area contributed by atoms with Crippen LogP contribution >= 0.6 is 23.5 Å². The van der Waals surface area contributed by atoms with Crippen molar-refractivity contribution in [1.29, 1.82) is 0 Å². The van der Waals surface area contributed by atoms with E-state index in [9.17, 15) is 9.59 Å². The van der Waals surface area contributed by atoms with Crippen molar-refractivity contribution in [2.45, 2.75) is 93.0 Å². The molecule has 1 aromatic rings. The molecule has 31 heavy (non-hydrogen) atoms. The number of H-pyrrole nitrogens is 1. The summed E-state index contributed by atoms with van der Waals surface area (Å²) in [6, 6.07) is 1.41. The van der Waals surface area contributed by atoms with E-state index in [0.29, 0.717) is 13.2 Å². The van der Waals surface area contributed by atoms with Gasteiger partial charge in [0.2, 0.25) is 0 Å². The fraction of sp³-hybridized carbons (Fsp3) is 0.810. The van der Waals surface area contributed by atoms with Crippen molar-refractivity contribution in [2.24, 2.45) is 0 Å². The number of aromatic amines is 1. The minimum atomic E-state index is -1.88. The largest absolute Gasteiger partial charge is 0.416 e. The Morgan fingerprint density at radius 2 is 1.32 bits per heavy atom. The average Bonchev–Trinajstić information content (AvgIpc) is 2.99. The van der Waals surface area contributed by atoms with Gasteiger partial charge < -0.3 is 8.85 Å². The summed E-state index contributed by atoms with van der Waals surface area (Å²) in [4.78, 5) is 26.2. The summed E-state index contributed by atoms with van der Waals surface area (Å²) >= 11 is 3.48. The highest BCUT2D eigenvalue weighted by atomic mass is 32.2. The maximum absolute atomic E-state index is 12.4. The Hall–Kier alpha value is -0.266. The van der Waals surface area contributed by atoms with Crippen molar-refractivity contribution in [2.75, 3.05) is 13.2 Å². The van der Waals surface area contributed by atoms with E-state index >= 15 is 0 Å². The SMILES string of the molecule is CC(C)(C)[Si](C)(C)OC[C@H]1SC(n2ccc(=O)[nH]c2=O)S[C@@H]1CO[Si](C)(C)C(C)(C)C. The third-order valence-electron chi connectivity index (χ3n) is 6.90. The second-order valence-corrected chi connectivity index (χ2v) is 23.9. The number of thioether (sulfide) groups is 2. The maximum Gasteiger partial charge on any atom is 0.329 e. The lowest BCUT2D eigenvalue weighted by Gasteiger charge is -2.38. The van der Waals surface area contributed by atoms with Crippen molar-refractivity contribution >= 4 is 40.2 Å². The van der Waals surface area contributed by atoms with E-state index in [1.165, 1.54) is 6.07 Å². The summed E-state index contributed by atoms with van der Waals surface area (Å²) in [7, 11) is -3.76. The Kier molecular flexibility index (Phi) is 8.30. The molecule has 1 fully saturated rings. The monoisotopic (exact) mass is 504 g/mol. The summed E-state index contributed by atoms with van der Waals surface area (Å²) in [5.41, 5.74) is -0.739. The zero-order valence-electron chi connectivity index (χ0n) is 20.7. The Labute approximate surface area is 197 Å². The minimum absolute atomic E-state index is 0.106. The normalized spacial score (nSPS) is 21.6. The first kappa shape index (κ1) is 27.0. The predicted octanol–water partition coefficient (Wildman–Crippen LogP) is 5.25. The first-order valence-electron chi connectivity index (χ1n) is 10.8. The zero-order valence-corrected chi connectivity index (χ0v) is 24.3. The lowest BCUT2D eigenvalue weighted by molar-refractivity contribution is 0.252. The van der Waals surface area contributed by atoms with Crippen molar-refractivity contribution in [3.8, 4) is 0 Å². The van der Waals surface area contributed by atoms with Crippen LogP contribution in [0.1, 0.15) is 46.2 Å². The van der Waals surface area contributed by atoms with Gasteiger partial charge in [-0.2, -0.15) is 0 Å². The molecule has 178 valence electrons. The van der Waals surface area contributed by atoms with Gasteiger partial charge in [-0.1, -0.05) is 41.5 Å². The molecule has 0 unspecified atom stereocenters. The van der Waals surface area contributed by atoms with Gasteiger partial charge in [0.1, 0.15) is 4.71 Å². The molecule has 10 heteroatoms. The van der Waals surface area contributed by atoms with Gasteiger partial charge in [-0.25, -0.2) is 4.79 Å². The number of hydrogen-bond acceptors (Lipinski definition) is 6. The van der Waals surface area contributed by atoms with Crippen LogP contribution in [0.5, 0.6) is 0 Å². The molecule has 2 rings (SSSR count). The van der Waals surface area contributed by atoms with E-state index in [0.717, 1.165) is 0 Å². The van der Waals surface area contributed by atoms with Gasteiger partial charge in [0.05, 0.1) is 0 Å². The molecule has 1 aromatic heterocycles. The highest BCUT2D eigenvalue weighted by Gasteiger charge is 2.44. The van der Waals surface area contributed by atoms with E-state index in [1.54, 1.807) is 34.3 Å². The number of nitrogens with zero attached hydrogens (tertiary/aromatic N) is 1. The Morgan fingerprint density at radius 1 is 0.903 bits per heavy atom. The van der Waals surface area contributed by atoms with Crippen LogP contribution in [0.25, 0.3) is 0 Å². The number of hydrogen-bond donors (Lipinski definition) is 1. The summed E-state index contributed by atoms with van der Waals surface area (Å²) in [6.45, 7) is 23.8. The van der Waals surface area contributed by atoms with Crippen molar-refractivity contribution < 1.29 is 8.85 Å². The van der Waals surface area contributed by atoms with Crippen LogP contribution in [-0.4, -0.2) is 49.9 Å². The molecule has 0 aromatic carbocycles.